The number of aromatic nitrogens is 2. The second kappa shape index (κ2) is 6.61. The van der Waals surface area contributed by atoms with Crippen LogP contribution in [0.15, 0.2) is 23.0 Å². The fourth-order valence-electron chi connectivity index (χ4n) is 3.94. The maximum absolute atomic E-state index is 12.6. The van der Waals surface area contributed by atoms with Gasteiger partial charge in [0.15, 0.2) is 0 Å². The van der Waals surface area contributed by atoms with E-state index < -0.39 is 0 Å². The van der Waals surface area contributed by atoms with E-state index in [-0.39, 0.29) is 36.1 Å². The molecule has 7 heteroatoms. The van der Waals surface area contributed by atoms with E-state index >= 15 is 0 Å². The third kappa shape index (κ3) is 2.84. The Morgan fingerprint density at radius 2 is 1.96 bits per heavy atom. The van der Waals surface area contributed by atoms with Gasteiger partial charge in [0.05, 0.1) is 11.0 Å². The summed E-state index contributed by atoms with van der Waals surface area (Å²) < 4.78 is 1.86. The number of imidazole rings is 1. The molecule has 3 N–H and O–H groups in total. The molecule has 4 rings (SSSR count). The molecule has 2 aliphatic rings. The second-order valence-corrected chi connectivity index (χ2v) is 6.77. The van der Waals surface area contributed by atoms with Gasteiger partial charge in [0.2, 0.25) is 0 Å². The molecule has 0 bridgehead atoms. The Morgan fingerprint density at radius 3 is 2.62 bits per heavy atom. The van der Waals surface area contributed by atoms with Crippen molar-refractivity contribution in [2.24, 2.45) is 5.73 Å². The number of hydrogen-bond donors (Lipinski definition) is 2. The third-order valence-corrected chi connectivity index (χ3v) is 5.17. The molecule has 0 unspecified atom stereocenters. The average Bonchev–Trinajstić information content (AvgIpc) is 3.24. The van der Waals surface area contributed by atoms with Crippen LogP contribution in [0.3, 0.4) is 0 Å². The van der Waals surface area contributed by atoms with Crippen LogP contribution in [-0.2, 0) is 0 Å². The van der Waals surface area contributed by atoms with E-state index in [4.69, 9.17) is 5.73 Å². The summed E-state index contributed by atoms with van der Waals surface area (Å²) in [6.07, 6.45) is 5.31. The van der Waals surface area contributed by atoms with Crippen LogP contribution in [0.2, 0.25) is 0 Å². The summed E-state index contributed by atoms with van der Waals surface area (Å²) >= 11 is 0. The zero-order valence-corrected chi connectivity index (χ0v) is 14.3. The van der Waals surface area contributed by atoms with Crippen LogP contribution in [0.4, 0.5) is 0 Å². The third-order valence-electron chi connectivity index (χ3n) is 5.17. The van der Waals surface area contributed by atoms with Gasteiger partial charge in [-0.15, -0.1) is 12.4 Å². The van der Waals surface area contributed by atoms with Crippen molar-refractivity contribution in [1.29, 1.82) is 0 Å². The summed E-state index contributed by atoms with van der Waals surface area (Å²) in [7, 11) is 0. The number of benzene rings is 1. The number of nitrogens with two attached hydrogens (primary N) is 1. The first-order valence-corrected chi connectivity index (χ1v) is 8.42. The standard InChI is InChI=1S/C17H22N4O2.ClH/c18-12-7-8-20(10-12)16(22)11-5-6-15-14(9-11)19-17(23)21(15)13-3-1-2-4-13;/h5-6,9,12-13H,1-4,7-8,10,18H2,(H,19,23);1H/t12-;/m1./s1. The number of aromatic amines is 1. The van der Waals surface area contributed by atoms with Crippen molar-refractivity contribution in [3.8, 4) is 0 Å². The lowest BCUT2D eigenvalue weighted by molar-refractivity contribution is 0.0791. The van der Waals surface area contributed by atoms with E-state index in [2.05, 4.69) is 4.98 Å². The summed E-state index contributed by atoms with van der Waals surface area (Å²) in [5.41, 5.74) is 8.07. The van der Waals surface area contributed by atoms with Gasteiger partial charge in [0, 0.05) is 30.7 Å². The maximum atomic E-state index is 12.6. The highest BCUT2D eigenvalue weighted by molar-refractivity contribution is 5.97. The van der Waals surface area contributed by atoms with E-state index in [0.717, 1.165) is 30.3 Å². The van der Waals surface area contributed by atoms with Crippen molar-refractivity contribution in [3.63, 3.8) is 0 Å². The SMILES string of the molecule is Cl.N[C@@H]1CCN(C(=O)c2ccc3c(c2)[nH]c(=O)n3C2CCCC2)C1. The van der Waals surface area contributed by atoms with Gasteiger partial charge in [-0.2, -0.15) is 0 Å². The minimum atomic E-state index is -0.0697. The highest BCUT2D eigenvalue weighted by Crippen LogP contribution is 2.30. The van der Waals surface area contributed by atoms with Crippen LogP contribution in [0.25, 0.3) is 11.0 Å². The summed E-state index contributed by atoms with van der Waals surface area (Å²) in [6.45, 7) is 1.31. The Kier molecular flexibility index (Phi) is 4.69. The number of nitrogens with zero attached hydrogens (tertiary/aromatic N) is 2. The highest BCUT2D eigenvalue weighted by atomic mass is 35.5. The zero-order valence-electron chi connectivity index (χ0n) is 13.5. The second-order valence-electron chi connectivity index (χ2n) is 6.77. The number of fused-ring (bicyclic) bond motifs is 1. The van der Waals surface area contributed by atoms with E-state index in [1.54, 1.807) is 11.0 Å². The topological polar surface area (TPSA) is 84.1 Å². The van der Waals surface area contributed by atoms with Gasteiger partial charge < -0.3 is 15.6 Å². The summed E-state index contributed by atoms with van der Waals surface area (Å²) in [5.74, 6) is -0.00526. The number of likely N-dealkylation sites (tertiary alicyclic amines) is 1. The van der Waals surface area contributed by atoms with Crippen LogP contribution in [0.1, 0.15) is 48.5 Å². The molecule has 24 heavy (non-hydrogen) atoms. The van der Waals surface area contributed by atoms with E-state index in [1.165, 1.54) is 12.8 Å². The Balaban J connectivity index is 0.00000169. The first kappa shape index (κ1) is 17.0. The molecular weight excluding hydrogens is 328 g/mol. The summed E-state index contributed by atoms with van der Waals surface area (Å²) in [6, 6.07) is 5.89. The number of H-pyrrole nitrogens is 1. The van der Waals surface area contributed by atoms with E-state index in [9.17, 15) is 9.59 Å². The summed E-state index contributed by atoms with van der Waals surface area (Å²) in [4.78, 5) is 29.6. The molecule has 2 aromatic rings. The van der Waals surface area contributed by atoms with Crippen LogP contribution < -0.4 is 11.4 Å². The number of hydrogen-bond acceptors (Lipinski definition) is 3. The Hall–Kier alpha value is -1.79. The molecule has 1 aromatic heterocycles. The number of amides is 1. The number of rotatable bonds is 2. The fraction of sp³-hybridized carbons (Fsp3) is 0.529. The summed E-state index contributed by atoms with van der Waals surface area (Å²) in [5, 5.41) is 0. The van der Waals surface area contributed by atoms with Gasteiger partial charge in [0.25, 0.3) is 5.91 Å². The first-order chi connectivity index (χ1) is 11.1. The Labute approximate surface area is 146 Å². The normalized spacial score (nSPS) is 21.4. The van der Waals surface area contributed by atoms with Gasteiger partial charge in [-0.1, -0.05) is 12.8 Å². The number of carbonyl (C=O) groups is 1. The molecule has 1 amide bonds. The Morgan fingerprint density at radius 1 is 1.21 bits per heavy atom. The lowest BCUT2D eigenvalue weighted by Gasteiger charge is -2.16. The molecule has 1 saturated carbocycles. The first-order valence-electron chi connectivity index (χ1n) is 8.42. The predicted molar refractivity (Wildman–Crippen MR) is 95.8 cm³/mol. The number of carbonyl (C=O) groups excluding carboxylic acids is 1. The monoisotopic (exact) mass is 350 g/mol. The number of halogens is 1. The van der Waals surface area contributed by atoms with Crippen molar-refractivity contribution < 1.29 is 4.79 Å². The smallest absolute Gasteiger partial charge is 0.326 e. The zero-order chi connectivity index (χ0) is 16.0. The maximum Gasteiger partial charge on any atom is 0.326 e. The van der Waals surface area contributed by atoms with E-state index in [1.807, 2.05) is 16.7 Å². The van der Waals surface area contributed by atoms with Crippen LogP contribution in [0, 0.1) is 0 Å². The largest absolute Gasteiger partial charge is 0.337 e. The lowest BCUT2D eigenvalue weighted by atomic mass is 10.1. The van der Waals surface area contributed by atoms with Crippen molar-refractivity contribution >= 4 is 29.3 Å². The minimum absolute atomic E-state index is 0. The molecule has 1 saturated heterocycles. The van der Waals surface area contributed by atoms with Crippen molar-refractivity contribution in [2.75, 3.05) is 13.1 Å². The van der Waals surface area contributed by atoms with Crippen LogP contribution in [-0.4, -0.2) is 39.5 Å². The molecule has 1 atom stereocenters. The number of nitrogens with one attached hydrogen (secondary N) is 1. The van der Waals surface area contributed by atoms with Crippen molar-refractivity contribution in [2.45, 2.75) is 44.2 Å². The lowest BCUT2D eigenvalue weighted by Crippen LogP contribution is -2.31. The fourth-order valence-corrected chi connectivity index (χ4v) is 3.94. The van der Waals surface area contributed by atoms with Crippen molar-refractivity contribution in [1.82, 2.24) is 14.5 Å². The van der Waals surface area contributed by atoms with Gasteiger partial charge in [-0.25, -0.2) is 4.79 Å². The Bertz CT molecular complexity index is 807. The molecule has 1 aromatic carbocycles. The van der Waals surface area contributed by atoms with Gasteiger partial charge in [-0.05, 0) is 37.5 Å². The van der Waals surface area contributed by atoms with Gasteiger partial charge in [-0.3, -0.25) is 9.36 Å². The van der Waals surface area contributed by atoms with E-state index in [0.29, 0.717) is 18.7 Å². The minimum Gasteiger partial charge on any atom is -0.337 e. The molecule has 0 radical (unpaired) electrons. The molecule has 0 spiro atoms. The van der Waals surface area contributed by atoms with Gasteiger partial charge >= 0.3 is 5.69 Å². The van der Waals surface area contributed by atoms with Crippen LogP contribution >= 0.6 is 12.4 Å². The molecule has 1 aliphatic heterocycles. The molecule has 1 aliphatic carbocycles. The molecule has 2 fully saturated rings. The molecule has 130 valence electrons. The molecule has 2 heterocycles. The van der Waals surface area contributed by atoms with Crippen LogP contribution in [0.5, 0.6) is 0 Å². The average molecular weight is 351 g/mol. The quantitative estimate of drug-likeness (QED) is 0.869. The highest BCUT2D eigenvalue weighted by Gasteiger charge is 2.26. The predicted octanol–water partition coefficient (Wildman–Crippen LogP) is 2.04. The van der Waals surface area contributed by atoms with Crippen molar-refractivity contribution in [3.05, 3.63) is 34.2 Å². The molecule has 6 nitrogen and oxygen atoms in total. The van der Waals surface area contributed by atoms with Gasteiger partial charge in [0.1, 0.15) is 0 Å². The molecular formula is C17H23ClN4O2.